The summed E-state index contributed by atoms with van der Waals surface area (Å²) in [5, 5.41) is 0.264. The molecule has 33 heavy (non-hydrogen) atoms. The zero-order valence-corrected chi connectivity index (χ0v) is 21.7. The van der Waals surface area contributed by atoms with Crippen molar-refractivity contribution in [3.63, 3.8) is 0 Å². The molecule has 0 N–H and O–H groups in total. The van der Waals surface area contributed by atoms with Gasteiger partial charge in [-0.3, -0.25) is 9.10 Å². The maximum absolute atomic E-state index is 12.9. The number of sulfonamides is 2. The average molecular weight is 555 g/mol. The van der Waals surface area contributed by atoms with Crippen molar-refractivity contribution in [1.82, 2.24) is 9.21 Å². The Morgan fingerprint density at radius 1 is 0.909 bits per heavy atom. The van der Waals surface area contributed by atoms with Gasteiger partial charge in [-0.05, 0) is 31.2 Å². The Bertz CT molecular complexity index is 1260. The molecule has 2 aromatic rings. The molecular formula is C20H22Cl3N3O5S2. The first-order valence-electron chi connectivity index (χ1n) is 9.77. The van der Waals surface area contributed by atoms with Crippen LogP contribution in [0.4, 0.5) is 5.69 Å². The largest absolute Gasteiger partial charge is 0.338 e. The van der Waals surface area contributed by atoms with Gasteiger partial charge in [0.15, 0.2) is 0 Å². The number of anilines is 1. The third-order valence-corrected chi connectivity index (χ3v) is 9.25. The van der Waals surface area contributed by atoms with E-state index >= 15 is 0 Å². The zero-order valence-electron chi connectivity index (χ0n) is 17.8. The summed E-state index contributed by atoms with van der Waals surface area (Å²) in [6, 6.07) is 9.13. The Morgan fingerprint density at radius 3 is 2.00 bits per heavy atom. The van der Waals surface area contributed by atoms with E-state index in [4.69, 9.17) is 34.8 Å². The van der Waals surface area contributed by atoms with Crippen LogP contribution in [0.3, 0.4) is 0 Å². The summed E-state index contributed by atoms with van der Waals surface area (Å²) in [5.74, 6) is -0.491. The SMILES string of the molecule is Cc1ccc(S(=O)(=O)N2CCN(C(=O)CN(c3cc(Cl)c(Cl)cc3Cl)S(C)(=O)=O)CC2)cc1. The molecule has 0 unspecified atom stereocenters. The number of benzene rings is 2. The fourth-order valence-electron chi connectivity index (χ4n) is 3.34. The molecule has 1 aliphatic heterocycles. The predicted molar refractivity (Wildman–Crippen MR) is 130 cm³/mol. The highest BCUT2D eigenvalue weighted by molar-refractivity contribution is 7.92. The van der Waals surface area contributed by atoms with Gasteiger partial charge >= 0.3 is 0 Å². The molecule has 13 heteroatoms. The molecular weight excluding hydrogens is 533 g/mol. The molecule has 1 heterocycles. The highest BCUT2D eigenvalue weighted by Crippen LogP contribution is 2.35. The molecule has 3 rings (SSSR count). The van der Waals surface area contributed by atoms with E-state index in [-0.39, 0.29) is 51.8 Å². The monoisotopic (exact) mass is 553 g/mol. The Kier molecular flexibility index (Phi) is 7.87. The first-order chi connectivity index (χ1) is 15.3. The van der Waals surface area contributed by atoms with Crippen molar-refractivity contribution < 1.29 is 21.6 Å². The van der Waals surface area contributed by atoms with Gasteiger partial charge in [-0.15, -0.1) is 0 Å². The van der Waals surface area contributed by atoms with Crippen molar-refractivity contribution in [2.45, 2.75) is 11.8 Å². The topological polar surface area (TPSA) is 95.1 Å². The average Bonchev–Trinajstić information content (AvgIpc) is 2.74. The molecule has 1 aliphatic rings. The van der Waals surface area contributed by atoms with E-state index < -0.39 is 32.5 Å². The van der Waals surface area contributed by atoms with Gasteiger partial charge in [0.2, 0.25) is 26.0 Å². The summed E-state index contributed by atoms with van der Waals surface area (Å²) >= 11 is 18.1. The second kappa shape index (κ2) is 9.97. The molecule has 1 fully saturated rings. The van der Waals surface area contributed by atoms with E-state index in [2.05, 4.69) is 0 Å². The summed E-state index contributed by atoms with van der Waals surface area (Å²) in [6.45, 7) is 1.78. The molecule has 2 aromatic carbocycles. The lowest BCUT2D eigenvalue weighted by Crippen LogP contribution is -2.53. The first kappa shape index (κ1) is 26.1. The maximum atomic E-state index is 12.9. The van der Waals surface area contributed by atoms with Crippen LogP contribution in [0.25, 0.3) is 0 Å². The second-order valence-electron chi connectivity index (χ2n) is 7.59. The molecule has 0 atom stereocenters. The van der Waals surface area contributed by atoms with Crippen LogP contribution >= 0.6 is 34.8 Å². The Balaban J connectivity index is 1.73. The highest BCUT2D eigenvalue weighted by atomic mass is 35.5. The second-order valence-corrected chi connectivity index (χ2v) is 12.7. The molecule has 0 bridgehead atoms. The number of rotatable bonds is 6. The summed E-state index contributed by atoms with van der Waals surface area (Å²) in [6.07, 6.45) is 0.950. The third kappa shape index (κ3) is 5.93. The Hall–Kier alpha value is -1.56. The number of hydrogen-bond acceptors (Lipinski definition) is 5. The number of hydrogen-bond donors (Lipinski definition) is 0. The van der Waals surface area contributed by atoms with Crippen molar-refractivity contribution >= 4 is 66.4 Å². The van der Waals surface area contributed by atoms with Crippen molar-refractivity contribution in [2.24, 2.45) is 0 Å². The Labute approximate surface area is 208 Å². The number of halogens is 3. The first-order valence-corrected chi connectivity index (χ1v) is 14.2. The van der Waals surface area contributed by atoms with Gasteiger partial charge < -0.3 is 4.90 Å². The number of nitrogens with zero attached hydrogens (tertiary/aromatic N) is 3. The van der Waals surface area contributed by atoms with E-state index in [1.165, 1.54) is 21.3 Å². The fraction of sp³-hybridized carbons (Fsp3) is 0.350. The molecule has 0 aromatic heterocycles. The van der Waals surface area contributed by atoms with Gasteiger partial charge in [-0.1, -0.05) is 52.5 Å². The normalized spacial score (nSPS) is 15.5. The van der Waals surface area contributed by atoms with Crippen LogP contribution in [0.1, 0.15) is 5.56 Å². The van der Waals surface area contributed by atoms with Crippen molar-refractivity contribution in [1.29, 1.82) is 0 Å². The predicted octanol–water partition coefficient (Wildman–Crippen LogP) is 3.25. The molecule has 1 saturated heterocycles. The molecule has 0 spiro atoms. The number of piperazine rings is 1. The molecule has 0 aliphatic carbocycles. The molecule has 1 amide bonds. The van der Waals surface area contributed by atoms with E-state index in [1.807, 2.05) is 6.92 Å². The summed E-state index contributed by atoms with van der Waals surface area (Å²) < 4.78 is 52.7. The standard InChI is InChI=1S/C20H22Cl3N3O5S2/c1-14-3-5-15(6-4-14)33(30,31)25-9-7-24(8-10-25)20(27)13-26(32(2,28)29)19-12-17(22)16(21)11-18(19)23/h3-6,11-12H,7-10,13H2,1-2H3. The van der Waals surface area contributed by atoms with Gasteiger partial charge in [0, 0.05) is 26.2 Å². The molecule has 0 radical (unpaired) electrons. The van der Waals surface area contributed by atoms with Gasteiger partial charge in [0.1, 0.15) is 6.54 Å². The third-order valence-electron chi connectivity index (χ3n) is 5.19. The van der Waals surface area contributed by atoms with Crippen LogP contribution in [-0.4, -0.2) is 70.9 Å². The Morgan fingerprint density at radius 2 is 1.45 bits per heavy atom. The number of aryl methyl sites for hydroxylation is 1. The van der Waals surface area contributed by atoms with Gasteiger partial charge in [0.25, 0.3) is 0 Å². The van der Waals surface area contributed by atoms with Crippen LogP contribution in [0.15, 0.2) is 41.3 Å². The highest BCUT2D eigenvalue weighted by Gasteiger charge is 2.32. The minimum Gasteiger partial charge on any atom is -0.338 e. The van der Waals surface area contributed by atoms with Crippen molar-refractivity contribution in [2.75, 3.05) is 43.3 Å². The fourth-order valence-corrected chi connectivity index (χ4v) is 6.31. The number of amides is 1. The minimum atomic E-state index is -3.88. The van der Waals surface area contributed by atoms with Crippen LogP contribution in [-0.2, 0) is 24.8 Å². The van der Waals surface area contributed by atoms with Gasteiger partial charge in [-0.2, -0.15) is 4.31 Å². The molecule has 8 nitrogen and oxygen atoms in total. The van der Waals surface area contributed by atoms with Gasteiger partial charge in [0.05, 0.1) is 31.9 Å². The van der Waals surface area contributed by atoms with Gasteiger partial charge in [-0.25, -0.2) is 16.8 Å². The van der Waals surface area contributed by atoms with Crippen LogP contribution in [0.5, 0.6) is 0 Å². The van der Waals surface area contributed by atoms with E-state index in [1.54, 1.807) is 24.3 Å². The quantitative estimate of drug-likeness (QED) is 0.511. The lowest BCUT2D eigenvalue weighted by Gasteiger charge is -2.35. The lowest BCUT2D eigenvalue weighted by molar-refractivity contribution is -0.130. The summed E-state index contributed by atoms with van der Waals surface area (Å²) in [4.78, 5) is 14.5. The zero-order chi connectivity index (χ0) is 24.6. The van der Waals surface area contributed by atoms with Crippen molar-refractivity contribution in [3.8, 4) is 0 Å². The smallest absolute Gasteiger partial charge is 0.243 e. The summed E-state index contributed by atoms with van der Waals surface area (Å²) in [5.41, 5.74) is 0.976. The van der Waals surface area contributed by atoms with Crippen LogP contribution < -0.4 is 4.31 Å². The van der Waals surface area contributed by atoms with Crippen LogP contribution in [0, 0.1) is 6.92 Å². The number of carbonyl (C=O) groups is 1. The molecule has 180 valence electrons. The van der Waals surface area contributed by atoms with E-state index in [0.29, 0.717) is 0 Å². The minimum absolute atomic E-state index is 0.0247. The van der Waals surface area contributed by atoms with Crippen LogP contribution in [0.2, 0.25) is 15.1 Å². The van der Waals surface area contributed by atoms with Crippen molar-refractivity contribution in [3.05, 3.63) is 57.0 Å². The van der Waals surface area contributed by atoms with E-state index in [0.717, 1.165) is 16.1 Å². The lowest BCUT2D eigenvalue weighted by atomic mass is 10.2. The maximum Gasteiger partial charge on any atom is 0.243 e. The number of carbonyl (C=O) groups excluding carboxylic acids is 1. The summed E-state index contributed by atoms with van der Waals surface area (Å²) in [7, 11) is -7.57. The molecule has 0 saturated carbocycles. The van der Waals surface area contributed by atoms with E-state index in [9.17, 15) is 21.6 Å².